The van der Waals surface area contributed by atoms with Gasteiger partial charge in [0.05, 0.1) is 10.7 Å². The average molecular weight is 349 g/mol. The molecule has 24 heavy (non-hydrogen) atoms. The molecule has 0 radical (unpaired) electrons. The van der Waals surface area contributed by atoms with Gasteiger partial charge in [0, 0.05) is 44.6 Å². The highest BCUT2D eigenvalue weighted by atomic mass is 35.5. The Kier molecular flexibility index (Phi) is 5.27. The molecule has 2 heterocycles. The number of pyridine rings is 1. The number of hydrogen-bond acceptors (Lipinski definition) is 3. The molecule has 1 aliphatic heterocycles. The standard InChI is InChI=1S/C17H18ClFN4O/c18-15-11-13(4-5-16(15)19)21-17(24)23-9-7-22(8-10-23)12-14-3-1-2-6-20-14/h1-6,11H,7-10,12H2,(H,21,24). The summed E-state index contributed by atoms with van der Waals surface area (Å²) in [5.74, 6) is -0.502. The van der Waals surface area contributed by atoms with Crippen LogP contribution in [0.2, 0.25) is 5.02 Å². The lowest BCUT2D eigenvalue weighted by atomic mass is 10.2. The first-order chi connectivity index (χ1) is 11.6. The van der Waals surface area contributed by atoms with Crippen LogP contribution in [0.5, 0.6) is 0 Å². The number of carbonyl (C=O) groups is 1. The number of piperazine rings is 1. The van der Waals surface area contributed by atoms with Crippen molar-refractivity contribution in [1.82, 2.24) is 14.8 Å². The van der Waals surface area contributed by atoms with Gasteiger partial charge in [0.15, 0.2) is 0 Å². The van der Waals surface area contributed by atoms with Crippen LogP contribution in [-0.2, 0) is 6.54 Å². The molecule has 5 nitrogen and oxygen atoms in total. The SMILES string of the molecule is O=C(Nc1ccc(F)c(Cl)c1)N1CCN(Cc2ccccn2)CC1. The van der Waals surface area contributed by atoms with Crippen LogP contribution in [0.4, 0.5) is 14.9 Å². The van der Waals surface area contributed by atoms with Crippen molar-refractivity contribution in [3.05, 3.63) is 59.1 Å². The monoisotopic (exact) mass is 348 g/mol. The number of rotatable bonds is 3. The highest BCUT2D eigenvalue weighted by molar-refractivity contribution is 6.31. The molecule has 0 aliphatic carbocycles. The Morgan fingerprint density at radius 1 is 1.21 bits per heavy atom. The third-order valence-corrected chi connectivity index (χ3v) is 4.23. The summed E-state index contributed by atoms with van der Waals surface area (Å²) in [6, 6.07) is 9.81. The summed E-state index contributed by atoms with van der Waals surface area (Å²) in [5.41, 5.74) is 1.51. The maximum atomic E-state index is 13.1. The molecule has 3 rings (SSSR count). The average Bonchev–Trinajstić information content (AvgIpc) is 2.60. The Hall–Kier alpha value is -2.18. The van der Waals surface area contributed by atoms with Crippen molar-refractivity contribution in [3.8, 4) is 0 Å². The summed E-state index contributed by atoms with van der Waals surface area (Å²) in [4.78, 5) is 20.6. The second-order valence-electron chi connectivity index (χ2n) is 5.64. The smallest absolute Gasteiger partial charge is 0.321 e. The third-order valence-electron chi connectivity index (χ3n) is 3.94. The van der Waals surface area contributed by atoms with Gasteiger partial charge in [-0.15, -0.1) is 0 Å². The topological polar surface area (TPSA) is 48.5 Å². The zero-order valence-electron chi connectivity index (χ0n) is 13.1. The lowest BCUT2D eigenvalue weighted by Crippen LogP contribution is -2.49. The fourth-order valence-corrected chi connectivity index (χ4v) is 2.79. The highest BCUT2D eigenvalue weighted by Gasteiger charge is 2.21. The molecule has 7 heteroatoms. The Bertz CT molecular complexity index is 705. The highest BCUT2D eigenvalue weighted by Crippen LogP contribution is 2.20. The largest absolute Gasteiger partial charge is 0.322 e. The van der Waals surface area contributed by atoms with Crippen LogP contribution in [-0.4, -0.2) is 47.0 Å². The molecule has 0 saturated carbocycles. The predicted octanol–water partition coefficient (Wildman–Crippen LogP) is 3.22. The van der Waals surface area contributed by atoms with Crippen LogP contribution < -0.4 is 5.32 Å². The Morgan fingerprint density at radius 3 is 2.67 bits per heavy atom. The van der Waals surface area contributed by atoms with Gasteiger partial charge < -0.3 is 10.2 Å². The van der Waals surface area contributed by atoms with E-state index in [1.165, 1.54) is 18.2 Å². The number of benzene rings is 1. The first kappa shape index (κ1) is 16.7. The predicted molar refractivity (Wildman–Crippen MR) is 91.5 cm³/mol. The van der Waals surface area contributed by atoms with Gasteiger partial charge in [-0.05, 0) is 30.3 Å². The maximum absolute atomic E-state index is 13.1. The molecule has 0 spiro atoms. The van der Waals surface area contributed by atoms with Crippen molar-refractivity contribution >= 4 is 23.3 Å². The summed E-state index contributed by atoms with van der Waals surface area (Å²) in [7, 11) is 0. The summed E-state index contributed by atoms with van der Waals surface area (Å²) < 4.78 is 13.1. The summed E-state index contributed by atoms with van der Waals surface area (Å²) >= 11 is 5.73. The fraction of sp³-hybridized carbons (Fsp3) is 0.294. The fourth-order valence-electron chi connectivity index (χ4n) is 2.61. The van der Waals surface area contributed by atoms with E-state index in [0.29, 0.717) is 18.8 Å². The number of carbonyl (C=O) groups excluding carboxylic acids is 1. The van der Waals surface area contributed by atoms with E-state index >= 15 is 0 Å². The molecule has 126 valence electrons. The van der Waals surface area contributed by atoms with E-state index in [4.69, 9.17) is 11.6 Å². The van der Waals surface area contributed by atoms with Gasteiger partial charge >= 0.3 is 6.03 Å². The number of aromatic nitrogens is 1. The van der Waals surface area contributed by atoms with Crippen molar-refractivity contribution in [2.75, 3.05) is 31.5 Å². The van der Waals surface area contributed by atoms with Gasteiger partial charge in [-0.1, -0.05) is 17.7 Å². The Labute approximate surface area is 145 Å². The van der Waals surface area contributed by atoms with Crippen molar-refractivity contribution < 1.29 is 9.18 Å². The summed E-state index contributed by atoms with van der Waals surface area (Å²) in [5, 5.41) is 2.74. The minimum absolute atomic E-state index is 0.00650. The first-order valence-electron chi connectivity index (χ1n) is 7.75. The van der Waals surface area contributed by atoms with Crippen molar-refractivity contribution in [1.29, 1.82) is 0 Å². The molecule has 1 N–H and O–H groups in total. The lowest BCUT2D eigenvalue weighted by Gasteiger charge is -2.34. The molecule has 0 bridgehead atoms. The van der Waals surface area contributed by atoms with Crippen LogP contribution in [0, 0.1) is 5.82 Å². The molecule has 1 aliphatic rings. The number of nitrogens with one attached hydrogen (secondary N) is 1. The molecule has 1 aromatic heterocycles. The maximum Gasteiger partial charge on any atom is 0.321 e. The molecule has 0 unspecified atom stereocenters. The molecular weight excluding hydrogens is 331 g/mol. The molecular formula is C17H18ClFN4O. The van der Waals surface area contributed by atoms with E-state index < -0.39 is 5.82 Å². The van der Waals surface area contributed by atoms with Crippen molar-refractivity contribution in [2.24, 2.45) is 0 Å². The lowest BCUT2D eigenvalue weighted by molar-refractivity contribution is 0.142. The van der Waals surface area contributed by atoms with Crippen LogP contribution in [0.1, 0.15) is 5.69 Å². The molecule has 1 fully saturated rings. The third kappa shape index (κ3) is 4.21. The minimum atomic E-state index is -0.502. The zero-order valence-corrected chi connectivity index (χ0v) is 13.8. The molecule has 0 atom stereocenters. The minimum Gasteiger partial charge on any atom is -0.322 e. The van der Waals surface area contributed by atoms with E-state index in [9.17, 15) is 9.18 Å². The second-order valence-corrected chi connectivity index (χ2v) is 6.05. The van der Waals surface area contributed by atoms with Gasteiger partial charge in [0.1, 0.15) is 5.82 Å². The number of anilines is 1. The van der Waals surface area contributed by atoms with Gasteiger partial charge in [-0.25, -0.2) is 9.18 Å². The Morgan fingerprint density at radius 2 is 2.00 bits per heavy atom. The number of halogens is 2. The van der Waals surface area contributed by atoms with E-state index in [2.05, 4.69) is 15.2 Å². The quantitative estimate of drug-likeness (QED) is 0.926. The molecule has 2 aromatic rings. The van der Waals surface area contributed by atoms with Crippen molar-refractivity contribution in [2.45, 2.75) is 6.54 Å². The van der Waals surface area contributed by atoms with Crippen LogP contribution in [0.25, 0.3) is 0 Å². The van der Waals surface area contributed by atoms with Gasteiger partial charge in [-0.3, -0.25) is 9.88 Å². The van der Waals surface area contributed by atoms with Crippen LogP contribution in [0.15, 0.2) is 42.6 Å². The summed E-state index contributed by atoms with van der Waals surface area (Å²) in [6.07, 6.45) is 1.78. The van der Waals surface area contributed by atoms with Crippen LogP contribution >= 0.6 is 11.6 Å². The van der Waals surface area contributed by atoms with Crippen LogP contribution in [0.3, 0.4) is 0 Å². The second kappa shape index (κ2) is 7.59. The molecule has 2 amide bonds. The van der Waals surface area contributed by atoms with Gasteiger partial charge in [-0.2, -0.15) is 0 Å². The van der Waals surface area contributed by atoms with Gasteiger partial charge in [0.2, 0.25) is 0 Å². The van der Waals surface area contributed by atoms with Crippen molar-refractivity contribution in [3.63, 3.8) is 0 Å². The first-order valence-corrected chi connectivity index (χ1v) is 8.13. The number of hydrogen-bond donors (Lipinski definition) is 1. The zero-order chi connectivity index (χ0) is 16.9. The Balaban J connectivity index is 1.50. The van der Waals surface area contributed by atoms with E-state index in [1.807, 2.05) is 18.2 Å². The number of nitrogens with zero attached hydrogens (tertiary/aromatic N) is 3. The van der Waals surface area contributed by atoms with E-state index in [0.717, 1.165) is 25.3 Å². The van der Waals surface area contributed by atoms with E-state index in [1.54, 1.807) is 11.1 Å². The number of urea groups is 1. The molecule has 1 aromatic carbocycles. The molecule has 1 saturated heterocycles. The van der Waals surface area contributed by atoms with Gasteiger partial charge in [0.25, 0.3) is 0 Å². The number of amides is 2. The van der Waals surface area contributed by atoms with E-state index in [-0.39, 0.29) is 11.1 Å². The summed E-state index contributed by atoms with van der Waals surface area (Å²) in [6.45, 7) is 3.62. The normalized spacial score (nSPS) is 15.3.